The minimum atomic E-state index is 0.377. The molecule has 0 radical (unpaired) electrons. The van der Waals surface area contributed by atoms with E-state index in [0.29, 0.717) is 11.9 Å². The zero-order chi connectivity index (χ0) is 10.7. The lowest BCUT2D eigenvalue weighted by Gasteiger charge is -2.32. The van der Waals surface area contributed by atoms with E-state index in [9.17, 15) is 4.79 Å². The number of nitrogens with one attached hydrogen (secondary N) is 1. The Hall–Kier alpha value is -0.570. The fraction of sp³-hybridized carbons (Fsp3) is 0.917. The molecule has 1 saturated carbocycles. The van der Waals surface area contributed by atoms with Crippen LogP contribution in [0.4, 0.5) is 0 Å². The van der Waals surface area contributed by atoms with E-state index in [1.165, 1.54) is 19.3 Å². The normalized spacial score (nSPS) is 26.7. The molecular weight excluding hydrogens is 188 g/mol. The van der Waals surface area contributed by atoms with E-state index in [1.54, 1.807) is 0 Å². The van der Waals surface area contributed by atoms with Crippen LogP contribution in [0.2, 0.25) is 0 Å². The van der Waals surface area contributed by atoms with Crippen LogP contribution in [0.1, 0.15) is 38.5 Å². The van der Waals surface area contributed by atoms with Crippen molar-refractivity contribution >= 4 is 5.91 Å². The highest BCUT2D eigenvalue weighted by Gasteiger charge is 2.25. The second-order valence-electron chi connectivity index (χ2n) is 4.95. The molecule has 2 fully saturated rings. The Morgan fingerprint density at radius 2 is 2.20 bits per heavy atom. The van der Waals surface area contributed by atoms with Crippen LogP contribution in [-0.4, -0.2) is 37.0 Å². The predicted octanol–water partition coefficient (Wildman–Crippen LogP) is 1.39. The van der Waals surface area contributed by atoms with Gasteiger partial charge in [-0.2, -0.15) is 0 Å². The monoisotopic (exact) mass is 210 g/mol. The Morgan fingerprint density at radius 3 is 2.87 bits per heavy atom. The maximum absolute atomic E-state index is 11.9. The summed E-state index contributed by atoms with van der Waals surface area (Å²) in [6, 6.07) is 0.517. The van der Waals surface area contributed by atoms with Crippen molar-refractivity contribution in [2.45, 2.75) is 44.6 Å². The van der Waals surface area contributed by atoms with Crippen molar-refractivity contribution in [3.8, 4) is 0 Å². The second-order valence-corrected chi connectivity index (χ2v) is 4.95. The van der Waals surface area contributed by atoms with Gasteiger partial charge >= 0.3 is 0 Å². The van der Waals surface area contributed by atoms with Crippen LogP contribution in [0.15, 0.2) is 0 Å². The Labute approximate surface area is 92.2 Å². The summed E-state index contributed by atoms with van der Waals surface area (Å²) in [4.78, 5) is 13.9. The first kappa shape index (κ1) is 10.9. The van der Waals surface area contributed by atoms with Crippen molar-refractivity contribution in [1.82, 2.24) is 10.2 Å². The van der Waals surface area contributed by atoms with Crippen LogP contribution in [0.25, 0.3) is 0 Å². The van der Waals surface area contributed by atoms with Crippen LogP contribution in [0, 0.1) is 5.92 Å². The maximum atomic E-state index is 11.9. The molecule has 1 aliphatic heterocycles. The Kier molecular flexibility index (Phi) is 3.62. The Bertz CT molecular complexity index is 226. The van der Waals surface area contributed by atoms with E-state index < -0.39 is 0 Å². The van der Waals surface area contributed by atoms with Crippen molar-refractivity contribution in [1.29, 1.82) is 0 Å². The minimum Gasteiger partial charge on any atom is -0.341 e. The zero-order valence-electron chi connectivity index (χ0n) is 9.67. The molecule has 15 heavy (non-hydrogen) atoms. The summed E-state index contributed by atoms with van der Waals surface area (Å²) in [7, 11) is 1.99. The molecule has 1 aliphatic carbocycles. The molecule has 0 aromatic heterocycles. The molecule has 2 aliphatic rings. The van der Waals surface area contributed by atoms with Crippen molar-refractivity contribution in [3.63, 3.8) is 0 Å². The van der Waals surface area contributed by atoms with Gasteiger partial charge < -0.3 is 10.2 Å². The minimum absolute atomic E-state index is 0.377. The van der Waals surface area contributed by atoms with E-state index in [1.807, 2.05) is 11.9 Å². The van der Waals surface area contributed by atoms with Gasteiger partial charge in [-0.1, -0.05) is 12.8 Å². The first-order chi connectivity index (χ1) is 7.29. The molecule has 1 unspecified atom stereocenters. The van der Waals surface area contributed by atoms with Gasteiger partial charge in [-0.3, -0.25) is 4.79 Å². The molecule has 0 aromatic rings. The van der Waals surface area contributed by atoms with E-state index in [4.69, 9.17) is 0 Å². The first-order valence-electron chi connectivity index (χ1n) is 6.24. The average molecular weight is 210 g/mol. The lowest BCUT2D eigenvalue weighted by atomic mass is 10.1. The average Bonchev–Trinajstić information content (AvgIpc) is 3.10. The number of hydrogen-bond donors (Lipinski definition) is 1. The summed E-state index contributed by atoms with van der Waals surface area (Å²) in [6.07, 6.45) is 6.98. The molecule has 86 valence electrons. The third-order valence-electron chi connectivity index (χ3n) is 3.65. The van der Waals surface area contributed by atoms with Gasteiger partial charge in [0, 0.05) is 25.6 Å². The molecule has 2 rings (SSSR count). The predicted molar refractivity (Wildman–Crippen MR) is 60.6 cm³/mol. The number of nitrogens with zero attached hydrogens (tertiary/aromatic N) is 1. The summed E-state index contributed by atoms with van der Waals surface area (Å²) in [5.74, 6) is 1.25. The smallest absolute Gasteiger partial charge is 0.222 e. The van der Waals surface area contributed by atoms with Gasteiger partial charge in [-0.05, 0) is 32.2 Å². The number of likely N-dealkylation sites (N-methyl/N-ethyl adjacent to an activating group) is 1. The van der Waals surface area contributed by atoms with Crippen LogP contribution in [0.3, 0.4) is 0 Å². The molecule has 0 aromatic carbocycles. The number of likely N-dealkylation sites (tertiary alicyclic amines) is 1. The standard InChI is InChI=1S/C12H22N2O/c1-13-11-3-2-8-14(9-11)12(15)7-6-10-4-5-10/h10-11,13H,2-9H2,1H3. The second kappa shape index (κ2) is 4.97. The zero-order valence-corrected chi connectivity index (χ0v) is 9.67. The summed E-state index contributed by atoms with van der Waals surface area (Å²) in [6.45, 7) is 1.89. The number of amides is 1. The summed E-state index contributed by atoms with van der Waals surface area (Å²) in [5, 5.41) is 3.27. The SMILES string of the molecule is CNC1CCCN(C(=O)CCC2CC2)C1. The summed E-state index contributed by atoms with van der Waals surface area (Å²) >= 11 is 0. The van der Waals surface area contributed by atoms with Gasteiger partial charge in [0.1, 0.15) is 0 Å². The molecular formula is C12H22N2O. The number of rotatable bonds is 4. The van der Waals surface area contributed by atoms with Gasteiger partial charge in [-0.15, -0.1) is 0 Å². The van der Waals surface area contributed by atoms with Crippen LogP contribution >= 0.6 is 0 Å². The highest BCUT2D eigenvalue weighted by atomic mass is 16.2. The van der Waals surface area contributed by atoms with Crippen molar-refractivity contribution < 1.29 is 4.79 Å². The highest BCUT2D eigenvalue weighted by Crippen LogP contribution is 2.33. The maximum Gasteiger partial charge on any atom is 0.222 e. The van der Waals surface area contributed by atoms with E-state index >= 15 is 0 Å². The number of hydrogen-bond acceptors (Lipinski definition) is 2. The van der Waals surface area contributed by atoms with Crippen LogP contribution < -0.4 is 5.32 Å². The third kappa shape index (κ3) is 3.20. The van der Waals surface area contributed by atoms with Gasteiger partial charge in [0.05, 0.1) is 0 Å². The van der Waals surface area contributed by atoms with Gasteiger partial charge in [0.2, 0.25) is 5.91 Å². The number of piperidine rings is 1. The molecule has 1 saturated heterocycles. The number of carbonyl (C=O) groups excluding carboxylic acids is 1. The third-order valence-corrected chi connectivity index (χ3v) is 3.65. The number of carbonyl (C=O) groups is 1. The lowest BCUT2D eigenvalue weighted by Crippen LogP contribution is -2.46. The Morgan fingerprint density at radius 1 is 1.40 bits per heavy atom. The van der Waals surface area contributed by atoms with Gasteiger partial charge in [0.15, 0.2) is 0 Å². The fourth-order valence-corrected chi connectivity index (χ4v) is 2.33. The molecule has 1 heterocycles. The van der Waals surface area contributed by atoms with Crippen LogP contribution in [0.5, 0.6) is 0 Å². The van der Waals surface area contributed by atoms with E-state index in [2.05, 4.69) is 5.32 Å². The van der Waals surface area contributed by atoms with Crippen molar-refractivity contribution in [3.05, 3.63) is 0 Å². The molecule has 1 atom stereocenters. The molecule has 0 spiro atoms. The van der Waals surface area contributed by atoms with E-state index in [-0.39, 0.29) is 0 Å². The summed E-state index contributed by atoms with van der Waals surface area (Å²) < 4.78 is 0. The molecule has 0 bridgehead atoms. The van der Waals surface area contributed by atoms with Crippen LogP contribution in [-0.2, 0) is 4.79 Å². The molecule has 1 amide bonds. The van der Waals surface area contributed by atoms with E-state index in [0.717, 1.165) is 38.3 Å². The van der Waals surface area contributed by atoms with Crippen molar-refractivity contribution in [2.24, 2.45) is 5.92 Å². The first-order valence-corrected chi connectivity index (χ1v) is 6.24. The van der Waals surface area contributed by atoms with Gasteiger partial charge in [0.25, 0.3) is 0 Å². The van der Waals surface area contributed by atoms with Crippen molar-refractivity contribution in [2.75, 3.05) is 20.1 Å². The largest absolute Gasteiger partial charge is 0.341 e. The Balaban J connectivity index is 1.72. The van der Waals surface area contributed by atoms with Gasteiger partial charge in [-0.25, -0.2) is 0 Å². The lowest BCUT2D eigenvalue weighted by molar-refractivity contribution is -0.132. The molecule has 1 N–H and O–H groups in total. The molecule has 3 heteroatoms. The highest BCUT2D eigenvalue weighted by molar-refractivity contribution is 5.76. The summed E-state index contributed by atoms with van der Waals surface area (Å²) in [5.41, 5.74) is 0. The molecule has 3 nitrogen and oxygen atoms in total. The quantitative estimate of drug-likeness (QED) is 0.760. The fourth-order valence-electron chi connectivity index (χ4n) is 2.33. The topological polar surface area (TPSA) is 32.3 Å².